The Morgan fingerprint density at radius 3 is 2.67 bits per heavy atom. The molecule has 0 aliphatic carbocycles. The second-order valence-corrected chi connectivity index (χ2v) is 6.22. The number of piperidine rings is 1. The highest BCUT2D eigenvalue weighted by Crippen LogP contribution is 2.25. The van der Waals surface area contributed by atoms with Crippen LogP contribution in [0.5, 0.6) is 0 Å². The fourth-order valence-electron chi connectivity index (χ4n) is 2.02. The number of nitrogens with zero attached hydrogens (tertiary/aromatic N) is 1. The summed E-state index contributed by atoms with van der Waals surface area (Å²) in [5.74, 6) is 0.0134. The van der Waals surface area contributed by atoms with E-state index in [2.05, 4.69) is 0 Å². The number of likely N-dealkylation sites (tertiary alicyclic amines) is 1. The molecule has 0 atom stereocenters. The van der Waals surface area contributed by atoms with Crippen molar-refractivity contribution >= 4 is 40.9 Å². The van der Waals surface area contributed by atoms with E-state index in [1.165, 1.54) is 0 Å². The summed E-state index contributed by atoms with van der Waals surface area (Å²) < 4.78 is 0. The van der Waals surface area contributed by atoms with E-state index in [9.17, 15) is 4.79 Å². The van der Waals surface area contributed by atoms with Gasteiger partial charge in [-0.1, -0.05) is 11.6 Å². The quantitative estimate of drug-likeness (QED) is 0.610. The summed E-state index contributed by atoms with van der Waals surface area (Å²) in [5, 5.41) is 0.716. The van der Waals surface area contributed by atoms with Gasteiger partial charge in [0.1, 0.15) is 0 Å². The molecule has 5 heteroatoms. The molecular formula is C13H15Cl2NOS. The van der Waals surface area contributed by atoms with Crippen LogP contribution in [0.3, 0.4) is 0 Å². The van der Waals surface area contributed by atoms with Crippen molar-refractivity contribution in [2.45, 2.75) is 23.1 Å². The number of carbonyl (C=O) groups excluding carboxylic acids is 1. The standard InChI is InChI=1S/C13H15Cl2NOS/c1-18-10-2-3-12(15)11(8-10)13(17)16-6-4-9(14)5-7-16/h2-3,8-9H,4-7H2,1H3. The summed E-state index contributed by atoms with van der Waals surface area (Å²) in [6, 6.07) is 5.58. The van der Waals surface area contributed by atoms with E-state index in [4.69, 9.17) is 23.2 Å². The zero-order valence-corrected chi connectivity index (χ0v) is 12.5. The Bertz CT molecular complexity index is 445. The Balaban J connectivity index is 2.17. The molecule has 1 fully saturated rings. The third kappa shape index (κ3) is 3.14. The predicted octanol–water partition coefficient (Wildman–Crippen LogP) is 3.91. The highest BCUT2D eigenvalue weighted by atomic mass is 35.5. The van der Waals surface area contributed by atoms with E-state index in [1.54, 1.807) is 17.8 Å². The number of carbonyl (C=O) groups is 1. The van der Waals surface area contributed by atoms with Crippen molar-refractivity contribution in [1.29, 1.82) is 0 Å². The fraction of sp³-hybridized carbons (Fsp3) is 0.462. The van der Waals surface area contributed by atoms with Crippen molar-refractivity contribution in [3.05, 3.63) is 28.8 Å². The lowest BCUT2D eigenvalue weighted by Crippen LogP contribution is -2.38. The SMILES string of the molecule is CSc1ccc(Cl)c(C(=O)N2CCC(Cl)CC2)c1. The summed E-state index contributed by atoms with van der Waals surface area (Å²) in [6.07, 6.45) is 3.69. The van der Waals surface area contributed by atoms with Crippen LogP contribution >= 0.6 is 35.0 Å². The lowest BCUT2D eigenvalue weighted by Gasteiger charge is -2.29. The van der Waals surface area contributed by atoms with Crippen molar-refractivity contribution in [2.75, 3.05) is 19.3 Å². The maximum Gasteiger partial charge on any atom is 0.255 e. The van der Waals surface area contributed by atoms with Gasteiger partial charge in [-0.15, -0.1) is 23.4 Å². The Kier molecular flexibility index (Phi) is 4.82. The van der Waals surface area contributed by atoms with Gasteiger partial charge in [-0.25, -0.2) is 0 Å². The molecule has 0 spiro atoms. The first kappa shape index (κ1) is 14.0. The lowest BCUT2D eigenvalue weighted by atomic mass is 10.1. The van der Waals surface area contributed by atoms with Gasteiger partial charge in [0, 0.05) is 23.4 Å². The summed E-state index contributed by atoms with van der Waals surface area (Å²) in [6.45, 7) is 1.43. The molecule has 0 bridgehead atoms. The smallest absolute Gasteiger partial charge is 0.255 e. The lowest BCUT2D eigenvalue weighted by molar-refractivity contribution is 0.0726. The highest BCUT2D eigenvalue weighted by Gasteiger charge is 2.23. The first-order valence-electron chi connectivity index (χ1n) is 5.88. The fourth-order valence-corrected chi connectivity index (χ4v) is 2.85. The molecule has 0 saturated carbocycles. The number of alkyl halides is 1. The number of rotatable bonds is 2. The molecule has 18 heavy (non-hydrogen) atoms. The second kappa shape index (κ2) is 6.18. The summed E-state index contributed by atoms with van der Waals surface area (Å²) in [4.78, 5) is 15.3. The van der Waals surface area contributed by atoms with E-state index in [1.807, 2.05) is 23.3 Å². The average molecular weight is 304 g/mol. The van der Waals surface area contributed by atoms with E-state index < -0.39 is 0 Å². The van der Waals surface area contributed by atoms with E-state index in [0.29, 0.717) is 23.7 Å². The van der Waals surface area contributed by atoms with Crippen LogP contribution in [0.4, 0.5) is 0 Å². The third-order valence-corrected chi connectivity index (χ3v) is 4.61. The van der Waals surface area contributed by atoms with Crippen molar-refractivity contribution in [2.24, 2.45) is 0 Å². The monoisotopic (exact) mass is 303 g/mol. The van der Waals surface area contributed by atoms with Gasteiger partial charge in [-0.05, 0) is 37.3 Å². The molecule has 0 aromatic heterocycles. The van der Waals surface area contributed by atoms with Crippen molar-refractivity contribution in [1.82, 2.24) is 4.90 Å². The average Bonchev–Trinajstić information content (AvgIpc) is 2.39. The Morgan fingerprint density at radius 2 is 2.06 bits per heavy atom. The highest BCUT2D eigenvalue weighted by molar-refractivity contribution is 7.98. The largest absolute Gasteiger partial charge is 0.338 e. The summed E-state index contributed by atoms with van der Waals surface area (Å²) in [7, 11) is 0. The van der Waals surface area contributed by atoms with Crippen LogP contribution in [0.1, 0.15) is 23.2 Å². The normalized spacial score (nSPS) is 16.9. The van der Waals surface area contributed by atoms with Gasteiger partial charge in [-0.2, -0.15) is 0 Å². The van der Waals surface area contributed by atoms with E-state index in [0.717, 1.165) is 17.7 Å². The number of halogens is 2. The molecule has 1 heterocycles. The van der Waals surface area contributed by atoms with Crippen LogP contribution in [0.15, 0.2) is 23.1 Å². The second-order valence-electron chi connectivity index (χ2n) is 4.31. The minimum Gasteiger partial charge on any atom is -0.338 e. The van der Waals surface area contributed by atoms with E-state index >= 15 is 0 Å². The van der Waals surface area contributed by atoms with Crippen LogP contribution in [-0.4, -0.2) is 35.5 Å². The molecule has 0 unspecified atom stereocenters. The van der Waals surface area contributed by atoms with Crippen LogP contribution in [0.2, 0.25) is 5.02 Å². The third-order valence-electron chi connectivity index (χ3n) is 3.12. The van der Waals surface area contributed by atoms with E-state index in [-0.39, 0.29) is 11.3 Å². The summed E-state index contributed by atoms with van der Waals surface area (Å²) in [5.41, 5.74) is 0.594. The molecule has 1 aliphatic rings. The molecule has 0 radical (unpaired) electrons. The van der Waals surface area contributed by atoms with Gasteiger partial charge in [0.15, 0.2) is 0 Å². The molecule has 1 aromatic carbocycles. The predicted molar refractivity (Wildman–Crippen MR) is 78.0 cm³/mol. The molecule has 0 N–H and O–H groups in total. The Morgan fingerprint density at radius 1 is 1.39 bits per heavy atom. The molecule has 2 nitrogen and oxygen atoms in total. The summed E-state index contributed by atoms with van der Waals surface area (Å²) >= 11 is 13.8. The molecule has 98 valence electrons. The van der Waals surface area contributed by atoms with Crippen molar-refractivity contribution in [3.8, 4) is 0 Å². The first-order valence-corrected chi connectivity index (χ1v) is 7.92. The van der Waals surface area contributed by atoms with Gasteiger partial charge in [0.25, 0.3) is 5.91 Å². The Labute approximate surface area is 122 Å². The molecule has 1 aliphatic heterocycles. The number of benzene rings is 1. The number of amides is 1. The van der Waals surface area contributed by atoms with Gasteiger partial charge in [0.05, 0.1) is 10.6 Å². The topological polar surface area (TPSA) is 20.3 Å². The van der Waals surface area contributed by atoms with Gasteiger partial charge in [-0.3, -0.25) is 4.79 Å². The van der Waals surface area contributed by atoms with Crippen LogP contribution in [-0.2, 0) is 0 Å². The zero-order valence-electron chi connectivity index (χ0n) is 10.2. The first-order chi connectivity index (χ1) is 8.61. The van der Waals surface area contributed by atoms with Gasteiger partial charge >= 0.3 is 0 Å². The molecule has 1 saturated heterocycles. The van der Waals surface area contributed by atoms with Crippen LogP contribution in [0, 0.1) is 0 Å². The van der Waals surface area contributed by atoms with Crippen LogP contribution in [0.25, 0.3) is 0 Å². The minimum absolute atomic E-state index is 0.0134. The van der Waals surface area contributed by atoms with Crippen molar-refractivity contribution in [3.63, 3.8) is 0 Å². The maximum atomic E-state index is 12.4. The molecule has 1 amide bonds. The molecule has 1 aromatic rings. The van der Waals surface area contributed by atoms with Gasteiger partial charge in [0.2, 0.25) is 0 Å². The van der Waals surface area contributed by atoms with Gasteiger partial charge < -0.3 is 4.90 Å². The van der Waals surface area contributed by atoms with Crippen LogP contribution < -0.4 is 0 Å². The molecule has 2 rings (SSSR count). The van der Waals surface area contributed by atoms with Crippen molar-refractivity contribution < 1.29 is 4.79 Å². The zero-order chi connectivity index (χ0) is 13.1. The Hall–Kier alpha value is -0.380. The number of hydrogen-bond donors (Lipinski definition) is 0. The number of hydrogen-bond acceptors (Lipinski definition) is 2. The molecular weight excluding hydrogens is 289 g/mol. The maximum absolute atomic E-state index is 12.4. The minimum atomic E-state index is 0.0134. The number of thioether (sulfide) groups is 1.